The highest BCUT2D eigenvalue weighted by Crippen LogP contribution is 2.25. The molecule has 0 saturated carbocycles. The number of fused-ring (bicyclic) bond motifs is 1. The van der Waals surface area contributed by atoms with Crippen molar-refractivity contribution in [2.75, 3.05) is 7.11 Å². The zero-order valence-electron chi connectivity index (χ0n) is 14.5. The Morgan fingerprint density at radius 2 is 2.04 bits per heavy atom. The van der Waals surface area contributed by atoms with E-state index in [1.807, 2.05) is 19.9 Å². The average Bonchev–Trinajstić information content (AvgIpc) is 2.57. The molecule has 0 radical (unpaired) electrons. The summed E-state index contributed by atoms with van der Waals surface area (Å²) in [5.74, 6) is -0.0950. The maximum atomic E-state index is 12.9. The Bertz CT molecular complexity index is 826. The zero-order valence-corrected chi connectivity index (χ0v) is 14.5. The second kappa shape index (κ2) is 7.81. The molecule has 5 heteroatoms. The van der Waals surface area contributed by atoms with Crippen molar-refractivity contribution in [2.45, 2.75) is 40.2 Å². The number of methoxy groups -OCH3 is 1. The van der Waals surface area contributed by atoms with Gasteiger partial charge in [-0.15, -0.1) is 0 Å². The first kappa shape index (κ1) is 17.8. The predicted octanol–water partition coefficient (Wildman–Crippen LogP) is 3.76. The predicted molar refractivity (Wildman–Crippen MR) is 92.3 cm³/mol. The number of rotatable bonds is 6. The summed E-state index contributed by atoms with van der Waals surface area (Å²) in [4.78, 5) is 24.3. The average molecular weight is 330 g/mol. The fourth-order valence-corrected chi connectivity index (χ4v) is 2.35. The first-order valence-electron chi connectivity index (χ1n) is 7.88. The maximum Gasteiger partial charge on any atom is 0.305 e. The quantitative estimate of drug-likeness (QED) is 0.596. The van der Waals surface area contributed by atoms with Crippen LogP contribution in [0.5, 0.6) is 5.95 Å². The third kappa shape index (κ3) is 3.85. The fourth-order valence-electron chi connectivity index (χ4n) is 2.35. The molecular formula is C19H22O5. The van der Waals surface area contributed by atoms with E-state index in [2.05, 4.69) is 0 Å². The van der Waals surface area contributed by atoms with Crippen LogP contribution in [0, 0.1) is 0 Å². The van der Waals surface area contributed by atoms with Gasteiger partial charge in [0.05, 0.1) is 18.1 Å². The minimum absolute atomic E-state index is 0.0448. The smallest absolute Gasteiger partial charge is 0.305 e. The van der Waals surface area contributed by atoms with Crippen LogP contribution in [0.4, 0.5) is 0 Å². The van der Waals surface area contributed by atoms with Crippen LogP contribution in [0.25, 0.3) is 11.0 Å². The van der Waals surface area contributed by atoms with Crippen LogP contribution < -0.4 is 10.2 Å². The topological polar surface area (TPSA) is 65.7 Å². The van der Waals surface area contributed by atoms with Gasteiger partial charge in [-0.1, -0.05) is 30.7 Å². The van der Waals surface area contributed by atoms with Gasteiger partial charge in [0.25, 0.3) is 5.95 Å². The molecule has 0 atom stereocenters. The van der Waals surface area contributed by atoms with E-state index < -0.39 is 0 Å². The summed E-state index contributed by atoms with van der Waals surface area (Å²) in [7, 11) is 1.48. The molecule has 2 aromatic rings. The second-order valence-corrected chi connectivity index (χ2v) is 5.69. The molecule has 0 aliphatic heterocycles. The van der Waals surface area contributed by atoms with Gasteiger partial charge in [-0.25, -0.2) is 0 Å². The van der Waals surface area contributed by atoms with Crippen LogP contribution in [0.3, 0.4) is 0 Å². The largest absolute Gasteiger partial charge is 0.468 e. The van der Waals surface area contributed by atoms with Gasteiger partial charge in [0.15, 0.2) is 0 Å². The third-order valence-corrected chi connectivity index (χ3v) is 3.64. The molecule has 0 unspecified atom stereocenters. The van der Waals surface area contributed by atoms with Crippen molar-refractivity contribution in [3.8, 4) is 5.95 Å². The van der Waals surface area contributed by atoms with E-state index in [1.165, 1.54) is 7.11 Å². The van der Waals surface area contributed by atoms with Crippen molar-refractivity contribution >= 4 is 16.9 Å². The summed E-state index contributed by atoms with van der Waals surface area (Å²) < 4.78 is 16.2. The SMILES string of the molecule is CCC(=O)OCc1cccc2oc(OC)c(CC=C(C)C)c(=O)c12. The Morgan fingerprint density at radius 1 is 1.29 bits per heavy atom. The number of ether oxygens (including phenoxy) is 2. The summed E-state index contributed by atoms with van der Waals surface area (Å²) in [5, 5.41) is 0.430. The van der Waals surface area contributed by atoms with Crippen LogP contribution in [0.15, 0.2) is 39.1 Å². The Morgan fingerprint density at radius 3 is 2.67 bits per heavy atom. The molecule has 1 aromatic carbocycles. The van der Waals surface area contributed by atoms with Crippen molar-refractivity contribution < 1.29 is 18.7 Å². The molecule has 1 heterocycles. The summed E-state index contributed by atoms with van der Waals surface area (Å²) in [5.41, 5.74) is 2.45. The molecule has 0 saturated heterocycles. The first-order chi connectivity index (χ1) is 11.5. The van der Waals surface area contributed by atoms with Crippen molar-refractivity contribution in [3.63, 3.8) is 0 Å². The maximum absolute atomic E-state index is 12.9. The molecule has 0 spiro atoms. The van der Waals surface area contributed by atoms with E-state index in [0.717, 1.165) is 5.57 Å². The minimum atomic E-state index is -0.310. The molecule has 0 amide bonds. The Hall–Kier alpha value is -2.56. The lowest BCUT2D eigenvalue weighted by Crippen LogP contribution is -2.13. The van der Waals surface area contributed by atoms with E-state index in [4.69, 9.17) is 13.9 Å². The monoisotopic (exact) mass is 330 g/mol. The highest BCUT2D eigenvalue weighted by molar-refractivity contribution is 5.82. The van der Waals surface area contributed by atoms with E-state index in [1.54, 1.807) is 25.1 Å². The number of carbonyl (C=O) groups is 1. The van der Waals surface area contributed by atoms with Gasteiger partial charge < -0.3 is 13.9 Å². The molecule has 0 aliphatic carbocycles. The van der Waals surface area contributed by atoms with Gasteiger partial charge in [0.1, 0.15) is 12.2 Å². The van der Waals surface area contributed by atoms with Crippen LogP contribution in [0.1, 0.15) is 38.3 Å². The molecule has 24 heavy (non-hydrogen) atoms. The molecule has 0 fully saturated rings. The van der Waals surface area contributed by atoms with E-state index in [0.29, 0.717) is 34.9 Å². The van der Waals surface area contributed by atoms with Gasteiger partial charge >= 0.3 is 5.97 Å². The molecule has 128 valence electrons. The number of hydrogen-bond donors (Lipinski definition) is 0. The van der Waals surface area contributed by atoms with Crippen LogP contribution >= 0.6 is 0 Å². The van der Waals surface area contributed by atoms with E-state index in [-0.39, 0.29) is 24.0 Å². The van der Waals surface area contributed by atoms with Crippen LogP contribution in [0.2, 0.25) is 0 Å². The zero-order chi connectivity index (χ0) is 17.7. The van der Waals surface area contributed by atoms with Gasteiger partial charge in [-0.3, -0.25) is 9.59 Å². The number of carbonyl (C=O) groups excluding carboxylic acids is 1. The van der Waals surface area contributed by atoms with Gasteiger partial charge in [-0.2, -0.15) is 0 Å². The van der Waals surface area contributed by atoms with Crippen LogP contribution in [-0.4, -0.2) is 13.1 Å². The Labute approximate surface area is 140 Å². The number of benzene rings is 1. The van der Waals surface area contributed by atoms with Gasteiger partial charge in [0, 0.05) is 18.4 Å². The molecule has 0 N–H and O–H groups in total. The second-order valence-electron chi connectivity index (χ2n) is 5.69. The fraction of sp³-hybridized carbons (Fsp3) is 0.368. The lowest BCUT2D eigenvalue weighted by molar-refractivity contribution is -0.144. The number of allylic oxidation sites excluding steroid dienone is 2. The van der Waals surface area contributed by atoms with Gasteiger partial charge in [-0.05, 0) is 19.9 Å². The summed E-state index contributed by atoms with van der Waals surface area (Å²) in [6.45, 7) is 5.70. The van der Waals surface area contributed by atoms with Crippen LogP contribution in [-0.2, 0) is 22.6 Å². The molecule has 5 nitrogen and oxygen atoms in total. The normalized spacial score (nSPS) is 10.5. The van der Waals surface area contributed by atoms with Crippen molar-refractivity contribution in [3.05, 3.63) is 51.2 Å². The molecule has 1 aromatic heterocycles. The molecule has 0 aliphatic rings. The molecule has 0 bridgehead atoms. The Balaban J connectivity index is 2.58. The first-order valence-corrected chi connectivity index (χ1v) is 7.88. The summed E-state index contributed by atoms with van der Waals surface area (Å²) in [6.07, 6.45) is 2.66. The Kier molecular flexibility index (Phi) is 5.79. The van der Waals surface area contributed by atoms with Crippen molar-refractivity contribution in [1.29, 1.82) is 0 Å². The highest BCUT2D eigenvalue weighted by atomic mass is 16.6. The van der Waals surface area contributed by atoms with Crippen molar-refractivity contribution in [2.24, 2.45) is 0 Å². The number of hydrogen-bond acceptors (Lipinski definition) is 5. The summed E-state index contributed by atoms with van der Waals surface area (Å²) >= 11 is 0. The minimum Gasteiger partial charge on any atom is -0.468 e. The van der Waals surface area contributed by atoms with E-state index >= 15 is 0 Å². The third-order valence-electron chi connectivity index (χ3n) is 3.64. The standard InChI is InChI=1S/C19H22O5/c1-5-16(20)23-11-13-7-6-8-15-17(13)18(21)14(10-9-12(2)3)19(22-4)24-15/h6-9H,5,10-11H2,1-4H3. The van der Waals surface area contributed by atoms with E-state index in [9.17, 15) is 9.59 Å². The molecule has 2 rings (SSSR count). The number of esters is 1. The summed E-state index contributed by atoms with van der Waals surface area (Å²) in [6, 6.07) is 5.23. The van der Waals surface area contributed by atoms with Crippen molar-refractivity contribution in [1.82, 2.24) is 0 Å². The van der Waals surface area contributed by atoms with Gasteiger partial charge in [0.2, 0.25) is 5.43 Å². The molecular weight excluding hydrogens is 308 g/mol. The lowest BCUT2D eigenvalue weighted by Gasteiger charge is -2.10. The lowest BCUT2D eigenvalue weighted by atomic mass is 10.0. The highest BCUT2D eigenvalue weighted by Gasteiger charge is 2.17.